The van der Waals surface area contributed by atoms with Gasteiger partial charge in [0.05, 0.1) is 6.61 Å². The smallest absolute Gasteiger partial charge is 0.305 e. The fourth-order valence-electron chi connectivity index (χ4n) is 2.66. The van der Waals surface area contributed by atoms with Gasteiger partial charge in [-0.2, -0.15) is 0 Å². The predicted octanol–water partition coefficient (Wildman–Crippen LogP) is 4.59. The second-order valence-corrected chi connectivity index (χ2v) is 6.53. The average Bonchev–Trinajstić information content (AvgIpc) is 2.63. The number of hydrogen-bond acceptors (Lipinski definition) is 3. The summed E-state index contributed by atoms with van der Waals surface area (Å²) >= 11 is 0. The molecule has 26 heavy (non-hydrogen) atoms. The summed E-state index contributed by atoms with van der Waals surface area (Å²) in [6.07, 6.45) is 2.78. The molecule has 0 aliphatic carbocycles. The van der Waals surface area contributed by atoms with Gasteiger partial charge in [0.1, 0.15) is 0 Å². The van der Waals surface area contributed by atoms with Gasteiger partial charge in [0.2, 0.25) is 5.91 Å². The van der Waals surface area contributed by atoms with Crippen molar-refractivity contribution in [2.75, 3.05) is 11.9 Å². The molecule has 2 aromatic carbocycles. The maximum absolute atomic E-state index is 12.0. The number of esters is 1. The van der Waals surface area contributed by atoms with Crippen LogP contribution in [0.25, 0.3) is 0 Å². The molecule has 138 valence electrons. The molecule has 0 saturated heterocycles. The fourth-order valence-corrected chi connectivity index (χ4v) is 2.66. The number of aryl methyl sites for hydroxylation is 3. The van der Waals surface area contributed by atoms with E-state index in [1.807, 2.05) is 50.2 Å². The third kappa shape index (κ3) is 7.09. The van der Waals surface area contributed by atoms with Gasteiger partial charge < -0.3 is 10.1 Å². The minimum Gasteiger partial charge on any atom is -0.466 e. The van der Waals surface area contributed by atoms with E-state index in [0.717, 1.165) is 29.7 Å². The van der Waals surface area contributed by atoms with Crippen LogP contribution in [0.2, 0.25) is 0 Å². The van der Waals surface area contributed by atoms with Gasteiger partial charge in [-0.3, -0.25) is 9.59 Å². The Morgan fingerprint density at radius 3 is 2.50 bits per heavy atom. The topological polar surface area (TPSA) is 55.4 Å². The van der Waals surface area contributed by atoms with Crippen LogP contribution in [-0.4, -0.2) is 18.5 Å². The maximum atomic E-state index is 12.0. The Hall–Kier alpha value is -2.62. The van der Waals surface area contributed by atoms with E-state index in [9.17, 15) is 9.59 Å². The summed E-state index contributed by atoms with van der Waals surface area (Å²) in [6, 6.07) is 16.1. The van der Waals surface area contributed by atoms with Gasteiger partial charge in [0.15, 0.2) is 0 Å². The lowest BCUT2D eigenvalue weighted by Crippen LogP contribution is -2.13. The zero-order chi connectivity index (χ0) is 18.8. The van der Waals surface area contributed by atoms with Crippen molar-refractivity contribution in [3.63, 3.8) is 0 Å². The summed E-state index contributed by atoms with van der Waals surface area (Å²) < 4.78 is 5.23. The van der Waals surface area contributed by atoms with Crippen molar-refractivity contribution >= 4 is 17.6 Å². The molecule has 2 rings (SSSR count). The van der Waals surface area contributed by atoms with Crippen LogP contribution in [0.4, 0.5) is 5.69 Å². The van der Waals surface area contributed by atoms with Crippen LogP contribution in [0.3, 0.4) is 0 Å². The normalized spacial score (nSPS) is 10.4. The van der Waals surface area contributed by atoms with Crippen LogP contribution in [0, 0.1) is 13.8 Å². The summed E-state index contributed by atoms with van der Waals surface area (Å²) in [5.41, 5.74) is 4.21. The molecule has 2 aromatic rings. The molecule has 0 spiro atoms. The quantitative estimate of drug-likeness (QED) is 0.530. The van der Waals surface area contributed by atoms with E-state index in [0.29, 0.717) is 19.4 Å². The maximum Gasteiger partial charge on any atom is 0.305 e. The molecule has 4 nitrogen and oxygen atoms in total. The van der Waals surface area contributed by atoms with Crippen LogP contribution in [-0.2, 0) is 20.7 Å². The van der Waals surface area contributed by atoms with Crippen molar-refractivity contribution in [2.24, 2.45) is 0 Å². The molecule has 0 heterocycles. The predicted molar refractivity (Wildman–Crippen MR) is 104 cm³/mol. The van der Waals surface area contributed by atoms with Crippen LogP contribution >= 0.6 is 0 Å². The molecule has 0 aliphatic heterocycles. The van der Waals surface area contributed by atoms with Gasteiger partial charge in [-0.05, 0) is 55.9 Å². The van der Waals surface area contributed by atoms with E-state index in [1.54, 1.807) is 0 Å². The number of hydrogen-bond donors (Lipinski definition) is 1. The van der Waals surface area contributed by atoms with Crippen molar-refractivity contribution in [1.29, 1.82) is 0 Å². The van der Waals surface area contributed by atoms with Gasteiger partial charge in [0, 0.05) is 18.5 Å². The van der Waals surface area contributed by atoms with Crippen LogP contribution in [0.1, 0.15) is 42.4 Å². The zero-order valence-electron chi connectivity index (χ0n) is 15.6. The number of nitrogens with one attached hydrogen (secondary N) is 1. The lowest BCUT2D eigenvalue weighted by molar-refractivity contribution is -0.143. The van der Waals surface area contributed by atoms with E-state index in [-0.39, 0.29) is 18.3 Å². The minimum absolute atomic E-state index is 0.0735. The second kappa shape index (κ2) is 10.4. The van der Waals surface area contributed by atoms with Crippen molar-refractivity contribution in [2.45, 2.75) is 46.0 Å². The largest absolute Gasteiger partial charge is 0.466 e. The zero-order valence-corrected chi connectivity index (χ0v) is 15.6. The number of anilines is 1. The molecule has 4 heteroatoms. The average molecular weight is 353 g/mol. The monoisotopic (exact) mass is 353 g/mol. The Balaban J connectivity index is 1.59. The molecule has 0 fully saturated rings. The first-order chi connectivity index (χ1) is 12.5. The van der Waals surface area contributed by atoms with Crippen molar-refractivity contribution in [3.8, 4) is 0 Å². The Labute approximate surface area is 155 Å². The first kappa shape index (κ1) is 19.7. The van der Waals surface area contributed by atoms with Gasteiger partial charge >= 0.3 is 5.97 Å². The molecule has 0 atom stereocenters. The molecule has 0 saturated carbocycles. The summed E-state index contributed by atoms with van der Waals surface area (Å²) in [5, 5.41) is 2.90. The summed E-state index contributed by atoms with van der Waals surface area (Å²) in [4.78, 5) is 23.8. The number of carbonyl (C=O) groups is 2. The summed E-state index contributed by atoms with van der Waals surface area (Å²) in [7, 11) is 0. The minimum atomic E-state index is -0.238. The van der Waals surface area contributed by atoms with Crippen LogP contribution in [0.5, 0.6) is 0 Å². The van der Waals surface area contributed by atoms with Gasteiger partial charge in [-0.1, -0.05) is 42.5 Å². The number of rotatable bonds is 9. The molecule has 1 amide bonds. The van der Waals surface area contributed by atoms with E-state index < -0.39 is 0 Å². The highest BCUT2D eigenvalue weighted by molar-refractivity contribution is 5.91. The van der Waals surface area contributed by atoms with Gasteiger partial charge in [-0.15, -0.1) is 0 Å². The molecule has 0 bridgehead atoms. The molecule has 0 aromatic heterocycles. The Bertz CT molecular complexity index is 725. The van der Waals surface area contributed by atoms with Crippen LogP contribution in [0.15, 0.2) is 48.5 Å². The second-order valence-electron chi connectivity index (χ2n) is 6.53. The first-order valence-electron chi connectivity index (χ1n) is 9.11. The van der Waals surface area contributed by atoms with Crippen molar-refractivity contribution < 1.29 is 14.3 Å². The van der Waals surface area contributed by atoms with E-state index in [4.69, 9.17) is 4.74 Å². The highest BCUT2D eigenvalue weighted by atomic mass is 16.5. The molecule has 0 aliphatic rings. The number of ether oxygens (including phenoxy) is 1. The number of amides is 1. The van der Waals surface area contributed by atoms with Crippen molar-refractivity contribution in [3.05, 3.63) is 65.2 Å². The fraction of sp³-hybridized carbons (Fsp3) is 0.364. The van der Waals surface area contributed by atoms with E-state index in [1.165, 1.54) is 5.56 Å². The molecule has 0 unspecified atom stereocenters. The summed E-state index contributed by atoms with van der Waals surface area (Å²) in [6.45, 7) is 4.37. The summed E-state index contributed by atoms with van der Waals surface area (Å²) in [5.74, 6) is -0.312. The highest BCUT2D eigenvalue weighted by Crippen LogP contribution is 2.16. The standard InChI is InChI=1S/C22H27NO3/c1-17-13-14-18(2)20(16-17)23-21(24)11-6-12-22(25)26-15-7-10-19-8-4-3-5-9-19/h3-5,8-9,13-14,16H,6-7,10-12,15H2,1-2H3,(H,23,24). The highest BCUT2D eigenvalue weighted by Gasteiger charge is 2.08. The molecule has 0 radical (unpaired) electrons. The Morgan fingerprint density at radius 1 is 0.962 bits per heavy atom. The van der Waals surface area contributed by atoms with Crippen LogP contribution < -0.4 is 5.32 Å². The third-order valence-electron chi connectivity index (χ3n) is 4.17. The van der Waals surface area contributed by atoms with Gasteiger partial charge in [0.25, 0.3) is 0 Å². The van der Waals surface area contributed by atoms with Crippen molar-refractivity contribution in [1.82, 2.24) is 0 Å². The first-order valence-corrected chi connectivity index (χ1v) is 9.11. The third-order valence-corrected chi connectivity index (χ3v) is 4.17. The van der Waals surface area contributed by atoms with E-state index >= 15 is 0 Å². The van der Waals surface area contributed by atoms with E-state index in [2.05, 4.69) is 17.4 Å². The number of benzene rings is 2. The Kier molecular flexibility index (Phi) is 7.87. The Morgan fingerprint density at radius 2 is 1.73 bits per heavy atom. The SMILES string of the molecule is Cc1ccc(C)c(NC(=O)CCCC(=O)OCCCc2ccccc2)c1. The number of carbonyl (C=O) groups excluding carboxylic acids is 2. The molecule has 1 N–H and O–H groups in total. The lowest BCUT2D eigenvalue weighted by Gasteiger charge is -2.09. The lowest BCUT2D eigenvalue weighted by atomic mass is 10.1. The molecular weight excluding hydrogens is 326 g/mol. The molecular formula is C22H27NO3. The van der Waals surface area contributed by atoms with Gasteiger partial charge in [-0.25, -0.2) is 0 Å².